The second kappa shape index (κ2) is 7.64. The van der Waals surface area contributed by atoms with Crippen molar-refractivity contribution < 1.29 is 19.4 Å². The van der Waals surface area contributed by atoms with Gasteiger partial charge in [0, 0.05) is 11.6 Å². The number of aliphatic carboxylic acids is 1. The Morgan fingerprint density at radius 1 is 1.23 bits per heavy atom. The van der Waals surface area contributed by atoms with E-state index in [1.54, 1.807) is 30.3 Å². The van der Waals surface area contributed by atoms with E-state index in [1.807, 2.05) is 0 Å². The standard InChI is InChI=1S/C17H21NO4/c1-2-11-22-15-9-5-12(6-10-15)16(19)18-14-7-3-13(4-8-14)17(20)21/h2,5-6,9-10,13-14H,1,3-4,7-8,11H2,(H,18,19)(H,20,21). The molecular weight excluding hydrogens is 282 g/mol. The van der Waals surface area contributed by atoms with Crippen LogP contribution in [0.5, 0.6) is 5.75 Å². The van der Waals surface area contributed by atoms with E-state index in [-0.39, 0.29) is 17.9 Å². The maximum atomic E-state index is 12.2. The van der Waals surface area contributed by atoms with Gasteiger partial charge in [-0.15, -0.1) is 0 Å². The average molecular weight is 303 g/mol. The summed E-state index contributed by atoms with van der Waals surface area (Å²) in [5.41, 5.74) is 0.575. The molecule has 5 heteroatoms. The van der Waals surface area contributed by atoms with Gasteiger partial charge in [-0.3, -0.25) is 9.59 Å². The van der Waals surface area contributed by atoms with E-state index < -0.39 is 5.97 Å². The van der Waals surface area contributed by atoms with Crippen LogP contribution in [0.2, 0.25) is 0 Å². The van der Waals surface area contributed by atoms with E-state index in [9.17, 15) is 9.59 Å². The van der Waals surface area contributed by atoms with Gasteiger partial charge in [-0.05, 0) is 49.9 Å². The Kier molecular flexibility index (Phi) is 5.58. The van der Waals surface area contributed by atoms with Crippen LogP contribution in [0.4, 0.5) is 0 Å². The number of rotatable bonds is 6. The fourth-order valence-corrected chi connectivity index (χ4v) is 2.61. The molecule has 0 atom stereocenters. The normalized spacial score (nSPS) is 20.9. The van der Waals surface area contributed by atoms with Gasteiger partial charge in [0.05, 0.1) is 5.92 Å². The molecule has 22 heavy (non-hydrogen) atoms. The minimum Gasteiger partial charge on any atom is -0.490 e. The van der Waals surface area contributed by atoms with Crippen LogP contribution in [0.3, 0.4) is 0 Å². The third-order valence-electron chi connectivity index (χ3n) is 3.90. The summed E-state index contributed by atoms with van der Waals surface area (Å²) in [5.74, 6) is -0.443. The van der Waals surface area contributed by atoms with Crippen LogP contribution in [-0.4, -0.2) is 29.6 Å². The molecule has 0 heterocycles. The van der Waals surface area contributed by atoms with Crippen molar-refractivity contribution in [1.29, 1.82) is 0 Å². The summed E-state index contributed by atoms with van der Waals surface area (Å²) in [4.78, 5) is 23.1. The zero-order chi connectivity index (χ0) is 15.9. The highest BCUT2D eigenvalue weighted by Crippen LogP contribution is 2.24. The molecule has 1 aromatic carbocycles. The Bertz CT molecular complexity index is 530. The second-order valence-corrected chi connectivity index (χ2v) is 5.48. The molecule has 5 nitrogen and oxygen atoms in total. The largest absolute Gasteiger partial charge is 0.490 e. The number of carbonyl (C=O) groups is 2. The quantitative estimate of drug-likeness (QED) is 0.792. The van der Waals surface area contributed by atoms with Gasteiger partial charge in [0.1, 0.15) is 12.4 Å². The van der Waals surface area contributed by atoms with Gasteiger partial charge in [-0.25, -0.2) is 0 Å². The van der Waals surface area contributed by atoms with Crippen LogP contribution < -0.4 is 10.1 Å². The summed E-state index contributed by atoms with van der Waals surface area (Å²) >= 11 is 0. The zero-order valence-electron chi connectivity index (χ0n) is 12.5. The third kappa shape index (κ3) is 4.35. The first-order valence-electron chi connectivity index (χ1n) is 7.47. The molecule has 0 radical (unpaired) electrons. The predicted octanol–water partition coefficient (Wildman–Crippen LogP) is 2.62. The van der Waals surface area contributed by atoms with E-state index in [2.05, 4.69) is 11.9 Å². The molecule has 2 rings (SSSR count). The molecule has 0 aliphatic heterocycles. The molecule has 0 saturated heterocycles. The predicted molar refractivity (Wildman–Crippen MR) is 83.0 cm³/mol. The SMILES string of the molecule is C=CCOc1ccc(C(=O)NC2CCC(C(=O)O)CC2)cc1. The molecule has 118 valence electrons. The van der Waals surface area contributed by atoms with Gasteiger partial charge in [0.15, 0.2) is 0 Å². The lowest BCUT2D eigenvalue weighted by Gasteiger charge is -2.26. The summed E-state index contributed by atoms with van der Waals surface area (Å²) < 4.78 is 5.37. The van der Waals surface area contributed by atoms with Crippen LogP contribution in [0, 0.1) is 5.92 Å². The number of benzene rings is 1. The minimum absolute atomic E-state index is 0.0554. The molecule has 1 fully saturated rings. The fourth-order valence-electron chi connectivity index (χ4n) is 2.61. The maximum Gasteiger partial charge on any atom is 0.306 e. The van der Waals surface area contributed by atoms with Gasteiger partial charge in [0.2, 0.25) is 0 Å². The summed E-state index contributed by atoms with van der Waals surface area (Å²) in [5, 5.41) is 11.9. The second-order valence-electron chi connectivity index (χ2n) is 5.48. The van der Waals surface area contributed by atoms with Gasteiger partial charge in [-0.2, -0.15) is 0 Å². The van der Waals surface area contributed by atoms with Crippen molar-refractivity contribution >= 4 is 11.9 Å². The zero-order valence-corrected chi connectivity index (χ0v) is 12.5. The average Bonchev–Trinajstić information content (AvgIpc) is 2.54. The monoisotopic (exact) mass is 303 g/mol. The van der Waals surface area contributed by atoms with Gasteiger partial charge in [0.25, 0.3) is 5.91 Å². The maximum absolute atomic E-state index is 12.2. The van der Waals surface area contributed by atoms with Gasteiger partial charge >= 0.3 is 5.97 Å². The van der Waals surface area contributed by atoms with Crippen LogP contribution in [-0.2, 0) is 4.79 Å². The van der Waals surface area contributed by atoms with Crippen molar-refractivity contribution in [1.82, 2.24) is 5.32 Å². The van der Waals surface area contributed by atoms with Crippen LogP contribution in [0.1, 0.15) is 36.0 Å². The summed E-state index contributed by atoms with van der Waals surface area (Å²) in [6.07, 6.45) is 4.32. The number of carbonyl (C=O) groups excluding carboxylic acids is 1. The first kappa shape index (κ1) is 16.1. The summed E-state index contributed by atoms with van der Waals surface area (Å²) in [6, 6.07) is 6.99. The van der Waals surface area contributed by atoms with E-state index in [1.165, 1.54) is 0 Å². The highest BCUT2D eigenvalue weighted by atomic mass is 16.5. The molecule has 2 N–H and O–H groups in total. The fraction of sp³-hybridized carbons (Fsp3) is 0.412. The molecule has 0 bridgehead atoms. The minimum atomic E-state index is -0.736. The molecule has 0 spiro atoms. The number of amides is 1. The number of carboxylic acid groups (broad SMARTS) is 1. The Balaban J connectivity index is 1.84. The Morgan fingerprint density at radius 3 is 2.41 bits per heavy atom. The Hall–Kier alpha value is -2.30. The van der Waals surface area contributed by atoms with E-state index in [0.29, 0.717) is 43.6 Å². The van der Waals surface area contributed by atoms with E-state index in [0.717, 1.165) is 0 Å². The molecular formula is C17H21NO4. The van der Waals surface area contributed by atoms with Crippen molar-refractivity contribution in [2.75, 3.05) is 6.61 Å². The molecule has 1 saturated carbocycles. The van der Waals surface area contributed by atoms with Gasteiger partial charge in [-0.1, -0.05) is 12.7 Å². The van der Waals surface area contributed by atoms with Crippen LogP contribution in [0.25, 0.3) is 0 Å². The number of hydrogen-bond acceptors (Lipinski definition) is 3. The molecule has 1 amide bonds. The van der Waals surface area contributed by atoms with Crippen molar-refractivity contribution in [3.63, 3.8) is 0 Å². The molecule has 1 aromatic rings. The van der Waals surface area contributed by atoms with E-state index >= 15 is 0 Å². The van der Waals surface area contributed by atoms with Crippen LogP contribution >= 0.6 is 0 Å². The lowest BCUT2D eigenvalue weighted by atomic mass is 9.86. The lowest BCUT2D eigenvalue weighted by Crippen LogP contribution is -2.38. The smallest absolute Gasteiger partial charge is 0.306 e. The molecule has 1 aliphatic carbocycles. The number of carboxylic acids is 1. The first-order valence-corrected chi connectivity index (χ1v) is 7.47. The number of nitrogens with one attached hydrogen (secondary N) is 1. The van der Waals surface area contributed by atoms with Gasteiger partial charge < -0.3 is 15.2 Å². The van der Waals surface area contributed by atoms with Crippen molar-refractivity contribution in [3.8, 4) is 5.75 Å². The molecule has 0 aromatic heterocycles. The summed E-state index contributed by atoms with van der Waals surface area (Å²) in [7, 11) is 0. The van der Waals surface area contributed by atoms with Crippen molar-refractivity contribution in [2.24, 2.45) is 5.92 Å². The topological polar surface area (TPSA) is 75.6 Å². The molecule has 0 unspecified atom stereocenters. The summed E-state index contributed by atoms with van der Waals surface area (Å²) in [6.45, 7) is 4.01. The Labute approximate surface area is 130 Å². The van der Waals surface area contributed by atoms with Crippen molar-refractivity contribution in [2.45, 2.75) is 31.7 Å². The Morgan fingerprint density at radius 2 is 1.86 bits per heavy atom. The van der Waals surface area contributed by atoms with Crippen molar-refractivity contribution in [3.05, 3.63) is 42.5 Å². The first-order chi connectivity index (χ1) is 10.6. The highest BCUT2D eigenvalue weighted by Gasteiger charge is 2.26. The lowest BCUT2D eigenvalue weighted by molar-refractivity contribution is -0.142. The van der Waals surface area contributed by atoms with Crippen LogP contribution in [0.15, 0.2) is 36.9 Å². The van der Waals surface area contributed by atoms with E-state index in [4.69, 9.17) is 9.84 Å². The third-order valence-corrected chi connectivity index (χ3v) is 3.90. The number of hydrogen-bond donors (Lipinski definition) is 2. The number of ether oxygens (including phenoxy) is 1. The highest BCUT2D eigenvalue weighted by molar-refractivity contribution is 5.94. The molecule has 1 aliphatic rings.